The molecular weight excluding hydrogens is 340 g/mol. The van der Waals surface area contributed by atoms with Crippen LogP contribution >= 0.6 is 11.8 Å². The predicted molar refractivity (Wildman–Crippen MR) is 95.3 cm³/mol. The highest BCUT2D eigenvalue weighted by atomic mass is 32.2. The third-order valence-corrected chi connectivity index (χ3v) is 5.67. The number of para-hydroxylation sites is 1. The molecule has 0 saturated heterocycles. The van der Waals surface area contributed by atoms with Crippen molar-refractivity contribution in [2.75, 3.05) is 11.9 Å². The average molecular weight is 362 g/mol. The average Bonchev–Trinajstić information content (AvgIpc) is 2.61. The van der Waals surface area contributed by atoms with Crippen molar-refractivity contribution in [3.05, 3.63) is 24.3 Å². The van der Waals surface area contributed by atoms with E-state index in [0.717, 1.165) is 36.3 Å². The normalized spacial score (nSPS) is 20.3. The predicted octanol–water partition coefficient (Wildman–Crippen LogP) is 2.48. The number of hydrogen-bond donors (Lipinski definition) is 2. The molecule has 1 aromatic carbocycles. The summed E-state index contributed by atoms with van der Waals surface area (Å²) in [5, 5.41) is 5.15. The number of fused-ring (bicyclic) bond motifs is 1. The molecule has 1 aliphatic carbocycles. The zero-order chi connectivity index (χ0) is 17.6. The Bertz CT molecular complexity index is 658. The van der Waals surface area contributed by atoms with Crippen LogP contribution in [0.3, 0.4) is 0 Å². The molecule has 6 nitrogen and oxygen atoms in total. The summed E-state index contributed by atoms with van der Waals surface area (Å²) in [7, 11) is 0. The summed E-state index contributed by atoms with van der Waals surface area (Å²) >= 11 is 1.34. The van der Waals surface area contributed by atoms with Crippen LogP contribution in [0.25, 0.3) is 0 Å². The summed E-state index contributed by atoms with van der Waals surface area (Å²) in [6, 6.07) is 7.64. The van der Waals surface area contributed by atoms with E-state index in [-0.39, 0.29) is 30.9 Å². The minimum atomic E-state index is -0.538. The molecule has 0 unspecified atom stereocenters. The maximum absolute atomic E-state index is 12.1. The fourth-order valence-electron chi connectivity index (χ4n) is 3.10. The van der Waals surface area contributed by atoms with Gasteiger partial charge in [0.05, 0.1) is 17.4 Å². The van der Waals surface area contributed by atoms with Gasteiger partial charge in [0.1, 0.15) is 0 Å². The largest absolute Gasteiger partial charge is 0.456 e. The maximum Gasteiger partial charge on any atom is 0.307 e. The van der Waals surface area contributed by atoms with Crippen LogP contribution in [0, 0.1) is 0 Å². The first-order valence-electron chi connectivity index (χ1n) is 8.63. The van der Waals surface area contributed by atoms with Crippen LogP contribution in [-0.4, -0.2) is 35.7 Å². The summed E-state index contributed by atoms with van der Waals surface area (Å²) in [6.45, 7) is -0.287. The van der Waals surface area contributed by atoms with Crippen molar-refractivity contribution in [1.82, 2.24) is 5.32 Å². The van der Waals surface area contributed by atoms with Crippen LogP contribution in [0.5, 0.6) is 0 Å². The van der Waals surface area contributed by atoms with Crippen LogP contribution in [-0.2, 0) is 19.1 Å². The number of ether oxygens (including phenoxy) is 1. The van der Waals surface area contributed by atoms with Gasteiger partial charge in [0.15, 0.2) is 6.61 Å². The SMILES string of the molecule is O=C(COC(=O)C[C@H]1Sc2ccccc2NC1=O)NC1CCCCC1. The van der Waals surface area contributed by atoms with Gasteiger partial charge in [0.25, 0.3) is 5.91 Å². The minimum absolute atomic E-state index is 0.0540. The van der Waals surface area contributed by atoms with Crippen molar-refractivity contribution in [3.8, 4) is 0 Å². The highest BCUT2D eigenvalue weighted by Crippen LogP contribution is 2.36. The highest BCUT2D eigenvalue weighted by molar-refractivity contribution is 8.01. The zero-order valence-electron chi connectivity index (χ0n) is 14.0. The smallest absolute Gasteiger partial charge is 0.307 e. The van der Waals surface area contributed by atoms with Crippen molar-refractivity contribution in [2.24, 2.45) is 0 Å². The number of esters is 1. The zero-order valence-corrected chi connectivity index (χ0v) is 14.8. The molecule has 0 spiro atoms. The number of rotatable bonds is 5. The Kier molecular flexibility index (Phi) is 5.96. The lowest BCUT2D eigenvalue weighted by Crippen LogP contribution is -2.39. The van der Waals surface area contributed by atoms with Gasteiger partial charge in [-0.15, -0.1) is 11.8 Å². The van der Waals surface area contributed by atoms with Gasteiger partial charge in [-0.05, 0) is 25.0 Å². The maximum atomic E-state index is 12.1. The summed E-state index contributed by atoms with van der Waals surface area (Å²) in [5.74, 6) is -1.02. The molecule has 1 heterocycles. The van der Waals surface area contributed by atoms with Gasteiger partial charge in [-0.3, -0.25) is 14.4 Å². The van der Waals surface area contributed by atoms with Gasteiger partial charge < -0.3 is 15.4 Å². The molecule has 2 amide bonds. The first-order valence-corrected chi connectivity index (χ1v) is 9.51. The van der Waals surface area contributed by atoms with Gasteiger partial charge in [0, 0.05) is 10.9 Å². The molecule has 0 aromatic heterocycles. The third kappa shape index (κ3) is 4.98. The second-order valence-corrected chi connectivity index (χ2v) is 7.60. The number of thioether (sulfide) groups is 1. The molecule has 134 valence electrons. The second-order valence-electron chi connectivity index (χ2n) is 6.36. The Hall–Kier alpha value is -2.02. The Morgan fingerprint density at radius 3 is 2.76 bits per heavy atom. The summed E-state index contributed by atoms with van der Waals surface area (Å²) in [4.78, 5) is 36.8. The van der Waals surface area contributed by atoms with E-state index in [2.05, 4.69) is 10.6 Å². The van der Waals surface area contributed by atoms with Crippen molar-refractivity contribution >= 4 is 35.2 Å². The summed E-state index contributed by atoms with van der Waals surface area (Å²) < 4.78 is 5.04. The standard InChI is InChI=1S/C18H22N2O4S/c21-16(19-12-6-2-1-3-7-12)11-24-17(22)10-15-18(23)20-13-8-4-5-9-14(13)25-15/h4-5,8-9,12,15H,1-3,6-7,10-11H2,(H,19,21)(H,20,23)/t15-/m1/s1. The minimum Gasteiger partial charge on any atom is -0.456 e. The lowest BCUT2D eigenvalue weighted by Gasteiger charge is -2.24. The van der Waals surface area contributed by atoms with E-state index in [0.29, 0.717) is 0 Å². The van der Waals surface area contributed by atoms with E-state index in [1.807, 2.05) is 24.3 Å². The van der Waals surface area contributed by atoms with E-state index in [1.165, 1.54) is 18.2 Å². The van der Waals surface area contributed by atoms with E-state index >= 15 is 0 Å². The number of carbonyl (C=O) groups excluding carboxylic acids is 3. The number of benzene rings is 1. The van der Waals surface area contributed by atoms with Crippen LogP contribution < -0.4 is 10.6 Å². The van der Waals surface area contributed by atoms with Crippen LogP contribution in [0.4, 0.5) is 5.69 Å². The topological polar surface area (TPSA) is 84.5 Å². The molecule has 0 bridgehead atoms. The molecule has 1 atom stereocenters. The monoisotopic (exact) mass is 362 g/mol. The van der Waals surface area contributed by atoms with Crippen LogP contribution in [0.2, 0.25) is 0 Å². The molecule has 25 heavy (non-hydrogen) atoms. The van der Waals surface area contributed by atoms with Gasteiger partial charge in [-0.25, -0.2) is 0 Å². The van der Waals surface area contributed by atoms with E-state index < -0.39 is 11.2 Å². The summed E-state index contributed by atoms with van der Waals surface area (Å²) in [6.07, 6.45) is 5.38. The van der Waals surface area contributed by atoms with E-state index in [4.69, 9.17) is 4.74 Å². The van der Waals surface area contributed by atoms with Crippen molar-refractivity contribution in [1.29, 1.82) is 0 Å². The van der Waals surface area contributed by atoms with Crippen molar-refractivity contribution < 1.29 is 19.1 Å². The molecule has 1 fully saturated rings. The molecule has 2 aliphatic rings. The number of nitrogens with one attached hydrogen (secondary N) is 2. The van der Waals surface area contributed by atoms with Crippen LogP contribution in [0.1, 0.15) is 38.5 Å². The summed E-state index contributed by atoms with van der Waals surface area (Å²) in [5.41, 5.74) is 0.758. The lowest BCUT2D eigenvalue weighted by atomic mass is 9.95. The quantitative estimate of drug-likeness (QED) is 0.786. The fourth-order valence-corrected chi connectivity index (χ4v) is 4.19. The Balaban J connectivity index is 1.43. The van der Waals surface area contributed by atoms with Gasteiger partial charge in [0.2, 0.25) is 5.91 Å². The molecule has 1 saturated carbocycles. The Morgan fingerprint density at radius 1 is 1.20 bits per heavy atom. The number of hydrogen-bond acceptors (Lipinski definition) is 5. The Morgan fingerprint density at radius 2 is 1.96 bits per heavy atom. The van der Waals surface area contributed by atoms with Crippen molar-refractivity contribution in [2.45, 2.75) is 54.7 Å². The molecule has 3 rings (SSSR count). The van der Waals surface area contributed by atoms with E-state index in [1.54, 1.807) is 0 Å². The Labute approximate surface area is 151 Å². The molecule has 2 N–H and O–H groups in total. The number of carbonyl (C=O) groups is 3. The van der Waals surface area contributed by atoms with Gasteiger partial charge in [-0.2, -0.15) is 0 Å². The number of amides is 2. The molecule has 7 heteroatoms. The first-order chi connectivity index (χ1) is 12.1. The molecular formula is C18H22N2O4S. The van der Waals surface area contributed by atoms with Gasteiger partial charge in [-0.1, -0.05) is 31.4 Å². The second kappa shape index (κ2) is 8.38. The fraction of sp³-hybridized carbons (Fsp3) is 0.500. The first kappa shape index (κ1) is 17.8. The number of anilines is 1. The van der Waals surface area contributed by atoms with E-state index in [9.17, 15) is 14.4 Å². The van der Waals surface area contributed by atoms with Gasteiger partial charge >= 0.3 is 5.97 Å². The highest BCUT2D eigenvalue weighted by Gasteiger charge is 2.29. The molecule has 0 radical (unpaired) electrons. The molecule has 1 aliphatic heterocycles. The van der Waals surface area contributed by atoms with Crippen molar-refractivity contribution in [3.63, 3.8) is 0 Å². The van der Waals surface area contributed by atoms with Crippen LogP contribution in [0.15, 0.2) is 29.2 Å². The molecule has 1 aromatic rings. The lowest BCUT2D eigenvalue weighted by molar-refractivity contribution is -0.149. The third-order valence-electron chi connectivity index (χ3n) is 4.39.